The molecular formula is C18H25O3. The molecule has 0 atom stereocenters. The van der Waals surface area contributed by atoms with E-state index in [0.29, 0.717) is 5.56 Å². The summed E-state index contributed by atoms with van der Waals surface area (Å²) in [6.07, 6.45) is 8.33. The van der Waals surface area contributed by atoms with Crippen LogP contribution in [0.1, 0.15) is 68.3 Å². The molecular weight excluding hydrogens is 264 g/mol. The van der Waals surface area contributed by atoms with Gasteiger partial charge >= 0.3 is 5.97 Å². The van der Waals surface area contributed by atoms with Gasteiger partial charge in [0.05, 0.1) is 5.56 Å². The fraction of sp³-hybridized carbons (Fsp3) is 0.556. The van der Waals surface area contributed by atoms with Gasteiger partial charge in [-0.25, -0.2) is 4.79 Å². The predicted octanol–water partition coefficient (Wildman–Crippen LogP) is 4.86. The first-order chi connectivity index (χ1) is 10.2. The van der Waals surface area contributed by atoms with E-state index in [4.69, 9.17) is 9.78 Å². The smallest absolute Gasteiger partial charge is 0.292 e. The highest BCUT2D eigenvalue weighted by atomic mass is 17.2. The third-order valence-electron chi connectivity index (χ3n) is 4.20. The van der Waals surface area contributed by atoms with Crippen LogP contribution < -0.4 is 0 Å². The van der Waals surface area contributed by atoms with Crippen LogP contribution in [0.15, 0.2) is 24.3 Å². The van der Waals surface area contributed by atoms with Crippen molar-refractivity contribution in [1.29, 1.82) is 0 Å². The molecule has 21 heavy (non-hydrogen) atoms. The maximum absolute atomic E-state index is 11.9. The quantitative estimate of drug-likeness (QED) is 0.554. The van der Waals surface area contributed by atoms with Gasteiger partial charge in [0, 0.05) is 0 Å². The molecule has 0 N–H and O–H groups in total. The summed E-state index contributed by atoms with van der Waals surface area (Å²) < 4.78 is 0. The zero-order valence-corrected chi connectivity index (χ0v) is 13.1. The normalized spacial score (nSPS) is 16.9. The second kappa shape index (κ2) is 8.18. The first kappa shape index (κ1) is 16.0. The summed E-state index contributed by atoms with van der Waals surface area (Å²) in [5, 5.41) is 0. The Morgan fingerprint density at radius 1 is 1.14 bits per heavy atom. The summed E-state index contributed by atoms with van der Waals surface area (Å²) in [6.45, 7) is 4.36. The maximum Gasteiger partial charge on any atom is 0.373 e. The molecule has 3 heteroatoms. The number of rotatable bonds is 6. The average Bonchev–Trinajstić information content (AvgIpc) is 2.54. The Hall–Kier alpha value is -1.35. The lowest BCUT2D eigenvalue weighted by Gasteiger charge is -2.25. The third kappa shape index (κ3) is 4.85. The molecule has 0 aromatic heterocycles. The van der Waals surface area contributed by atoms with Gasteiger partial charge in [0.15, 0.2) is 0 Å². The van der Waals surface area contributed by atoms with Crippen LogP contribution in [0, 0.1) is 12.0 Å². The van der Waals surface area contributed by atoms with Gasteiger partial charge in [0.1, 0.15) is 6.10 Å². The van der Waals surface area contributed by atoms with Crippen molar-refractivity contribution in [2.45, 2.75) is 58.8 Å². The molecule has 0 amide bonds. The van der Waals surface area contributed by atoms with Crippen molar-refractivity contribution >= 4 is 5.97 Å². The number of hydrogen-bond acceptors (Lipinski definition) is 3. The average molecular weight is 289 g/mol. The van der Waals surface area contributed by atoms with Crippen LogP contribution in [-0.2, 0) is 16.2 Å². The topological polar surface area (TPSA) is 35.5 Å². The third-order valence-corrected chi connectivity index (χ3v) is 4.20. The van der Waals surface area contributed by atoms with Crippen molar-refractivity contribution in [3.05, 3.63) is 41.5 Å². The Balaban J connectivity index is 1.76. The summed E-state index contributed by atoms with van der Waals surface area (Å²) in [4.78, 5) is 22.1. The fourth-order valence-electron chi connectivity index (χ4n) is 2.73. The van der Waals surface area contributed by atoms with E-state index in [1.807, 2.05) is 12.1 Å². The predicted molar refractivity (Wildman–Crippen MR) is 82.4 cm³/mol. The number of carbonyl (C=O) groups excluding carboxylic acids is 1. The lowest BCUT2D eigenvalue weighted by atomic mass is 9.86. The number of aryl methyl sites for hydroxylation is 1. The minimum Gasteiger partial charge on any atom is -0.292 e. The van der Waals surface area contributed by atoms with Gasteiger partial charge in [-0.05, 0) is 55.7 Å². The van der Waals surface area contributed by atoms with Gasteiger partial charge in [0.25, 0.3) is 0 Å². The first-order valence-corrected chi connectivity index (χ1v) is 8.05. The molecule has 115 valence electrons. The summed E-state index contributed by atoms with van der Waals surface area (Å²) in [5.41, 5.74) is 1.78. The van der Waals surface area contributed by atoms with Crippen molar-refractivity contribution in [2.75, 3.05) is 0 Å². The van der Waals surface area contributed by atoms with E-state index in [1.54, 1.807) is 12.1 Å². The highest BCUT2D eigenvalue weighted by Crippen LogP contribution is 2.32. The zero-order valence-electron chi connectivity index (χ0n) is 13.1. The molecule has 0 bridgehead atoms. The molecule has 1 aromatic rings. The molecule has 1 aromatic carbocycles. The molecule has 0 saturated heterocycles. The van der Waals surface area contributed by atoms with E-state index in [1.165, 1.54) is 12.0 Å². The Morgan fingerprint density at radius 2 is 1.81 bits per heavy atom. The number of hydrogen-bond donors (Lipinski definition) is 0. The van der Waals surface area contributed by atoms with Gasteiger partial charge in [-0.2, -0.15) is 4.89 Å². The summed E-state index contributed by atoms with van der Waals surface area (Å²) in [6, 6.07) is 7.55. The van der Waals surface area contributed by atoms with E-state index in [0.717, 1.165) is 50.5 Å². The molecule has 1 aliphatic rings. The second-order valence-corrected chi connectivity index (χ2v) is 5.79. The Labute approximate surface area is 127 Å². The second-order valence-electron chi connectivity index (χ2n) is 5.79. The minimum absolute atomic E-state index is 0.414. The van der Waals surface area contributed by atoms with E-state index in [2.05, 4.69) is 13.8 Å². The molecule has 0 heterocycles. The molecule has 1 saturated carbocycles. The van der Waals surface area contributed by atoms with Crippen molar-refractivity contribution in [1.82, 2.24) is 0 Å². The van der Waals surface area contributed by atoms with Gasteiger partial charge in [-0.1, -0.05) is 38.8 Å². The molecule has 0 aliphatic heterocycles. The van der Waals surface area contributed by atoms with Crippen LogP contribution in [0.2, 0.25) is 0 Å². The van der Waals surface area contributed by atoms with Crippen molar-refractivity contribution in [3.63, 3.8) is 0 Å². The molecule has 1 radical (unpaired) electrons. The Kier molecular flexibility index (Phi) is 6.24. The summed E-state index contributed by atoms with van der Waals surface area (Å²) in [5.74, 6) is 0.377. The SMILES string of the molecule is CCCc1ccc(C(=O)OO[C]2CCC(CC)CC2)cc1. The van der Waals surface area contributed by atoms with Crippen LogP contribution in [-0.4, -0.2) is 5.97 Å². The lowest BCUT2D eigenvalue weighted by Crippen LogP contribution is -2.17. The lowest BCUT2D eigenvalue weighted by molar-refractivity contribution is -0.240. The molecule has 2 rings (SSSR count). The maximum atomic E-state index is 11.9. The van der Waals surface area contributed by atoms with Gasteiger partial charge < -0.3 is 0 Å². The van der Waals surface area contributed by atoms with Crippen LogP contribution >= 0.6 is 0 Å². The van der Waals surface area contributed by atoms with Crippen LogP contribution in [0.4, 0.5) is 0 Å². The standard InChI is InChI=1S/C18H25O3/c1-3-5-15-6-10-16(11-7-15)18(19)21-20-17-12-8-14(4-2)9-13-17/h6-7,10-11,14H,3-5,8-9,12-13H2,1-2H3. The first-order valence-electron chi connectivity index (χ1n) is 8.05. The number of carbonyl (C=O) groups is 1. The van der Waals surface area contributed by atoms with Gasteiger partial charge in [-0.3, -0.25) is 4.89 Å². The molecule has 0 unspecified atom stereocenters. The van der Waals surface area contributed by atoms with Crippen LogP contribution in [0.25, 0.3) is 0 Å². The largest absolute Gasteiger partial charge is 0.373 e. The van der Waals surface area contributed by atoms with E-state index in [9.17, 15) is 4.79 Å². The van der Waals surface area contributed by atoms with Gasteiger partial charge in [0.2, 0.25) is 0 Å². The Bertz CT molecular complexity index is 430. The van der Waals surface area contributed by atoms with Crippen molar-refractivity contribution < 1.29 is 14.6 Å². The molecule has 3 nitrogen and oxygen atoms in total. The molecule has 1 aliphatic carbocycles. The highest BCUT2D eigenvalue weighted by Gasteiger charge is 2.23. The van der Waals surface area contributed by atoms with E-state index < -0.39 is 5.97 Å². The van der Waals surface area contributed by atoms with Gasteiger partial charge in [-0.15, -0.1) is 0 Å². The van der Waals surface area contributed by atoms with Crippen molar-refractivity contribution in [3.8, 4) is 0 Å². The Morgan fingerprint density at radius 3 is 2.38 bits per heavy atom. The monoisotopic (exact) mass is 289 g/mol. The zero-order chi connectivity index (χ0) is 15.1. The minimum atomic E-state index is -0.414. The fourth-order valence-corrected chi connectivity index (χ4v) is 2.73. The van der Waals surface area contributed by atoms with Crippen LogP contribution in [0.5, 0.6) is 0 Å². The highest BCUT2D eigenvalue weighted by molar-refractivity contribution is 5.88. The number of benzene rings is 1. The summed E-state index contributed by atoms with van der Waals surface area (Å²) >= 11 is 0. The van der Waals surface area contributed by atoms with E-state index in [-0.39, 0.29) is 0 Å². The molecule has 0 spiro atoms. The van der Waals surface area contributed by atoms with Crippen molar-refractivity contribution in [2.24, 2.45) is 5.92 Å². The van der Waals surface area contributed by atoms with Crippen LogP contribution in [0.3, 0.4) is 0 Å². The van der Waals surface area contributed by atoms with E-state index >= 15 is 0 Å². The summed E-state index contributed by atoms with van der Waals surface area (Å²) in [7, 11) is 0. The molecule has 1 fully saturated rings.